The second-order valence-electron chi connectivity index (χ2n) is 5.61. The second kappa shape index (κ2) is 5.41. The zero-order valence-electron chi connectivity index (χ0n) is 11.8. The molecule has 0 amide bonds. The molecule has 4 nitrogen and oxygen atoms in total. The van der Waals surface area contributed by atoms with Crippen LogP contribution in [0.1, 0.15) is 45.0 Å². The lowest BCUT2D eigenvalue weighted by Crippen LogP contribution is -2.45. The maximum atomic E-state index is 10.1. The number of β-amino-alcohol motifs (C(OH)–C–C–N with tert-alkyl or cyclic N) is 1. The quantitative estimate of drug-likeness (QED) is 0.887. The van der Waals surface area contributed by atoms with Crippen molar-refractivity contribution in [1.82, 2.24) is 14.7 Å². The van der Waals surface area contributed by atoms with Gasteiger partial charge in [0.25, 0.3) is 0 Å². The van der Waals surface area contributed by atoms with Crippen LogP contribution in [0.2, 0.25) is 0 Å². The molecular weight excluding hydrogens is 226 g/mol. The highest BCUT2D eigenvalue weighted by atomic mass is 16.3. The first kappa shape index (κ1) is 13.6. The summed E-state index contributed by atoms with van der Waals surface area (Å²) >= 11 is 0. The lowest BCUT2D eigenvalue weighted by Gasteiger charge is -2.36. The Morgan fingerprint density at radius 2 is 2.22 bits per heavy atom. The second-order valence-corrected chi connectivity index (χ2v) is 5.61. The van der Waals surface area contributed by atoms with Gasteiger partial charge in [-0.05, 0) is 45.7 Å². The molecular formula is C14H25N3O. The van der Waals surface area contributed by atoms with E-state index in [1.165, 1.54) is 5.69 Å². The van der Waals surface area contributed by atoms with Crippen LogP contribution in [0.3, 0.4) is 0 Å². The van der Waals surface area contributed by atoms with E-state index in [1.807, 2.05) is 6.92 Å². The SMILES string of the molecule is CCc1cc(CN2CCCC(C)(O)C2)n(CC)n1. The van der Waals surface area contributed by atoms with Gasteiger partial charge < -0.3 is 5.11 Å². The number of piperidine rings is 1. The van der Waals surface area contributed by atoms with E-state index in [0.29, 0.717) is 0 Å². The molecule has 1 N–H and O–H groups in total. The number of hydrogen-bond acceptors (Lipinski definition) is 3. The summed E-state index contributed by atoms with van der Waals surface area (Å²) in [7, 11) is 0. The largest absolute Gasteiger partial charge is 0.389 e. The first-order valence-electron chi connectivity index (χ1n) is 7.04. The van der Waals surface area contributed by atoms with Gasteiger partial charge >= 0.3 is 0 Å². The highest BCUT2D eigenvalue weighted by Crippen LogP contribution is 2.22. The number of aliphatic hydroxyl groups is 1. The molecule has 1 unspecified atom stereocenters. The van der Waals surface area contributed by atoms with Crippen molar-refractivity contribution in [3.63, 3.8) is 0 Å². The van der Waals surface area contributed by atoms with Gasteiger partial charge in [-0.3, -0.25) is 9.58 Å². The minimum Gasteiger partial charge on any atom is -0.389 e. The van der Waals surface area contributed by atoms with E-state index >= 15 is 0 Å². The molecule has 1 atom stereocenters. The maximum absolute atomic E-state index is 10.1. The van der Waals surface area contributed by atoms with Crippen LogP contribution in [0.25, 0.3) is 0 Å². The van der Waals surface area contributed by atoms with Crippen molar-refractivity contribution in [2.75, 3.05) is 13.1 Å². The molecule has 102 valence electrons. The van der Waals surface area contributed by atoms with Gasteiger partial charge in [-0.1, -0.05) is 6.92 Å². The number of hydrogen-bond donors (Lipinski definition) is 1. The highest BCUT2D eigenvalue weighted by Gasteiger charge is 2.28. The highest BCUT2D eigenvalue weighted by molar-refractivity contribution is 5.10. The van der Waals surface area contributed by atoms with Gasteiger partial charge in [0.15, 0.2) is 0 Å². The molecule has 2 heterocycles. The maximum Gasteiger partial charge on any atom is 0.0746 e. The van der Waals surface area contributed by atoms with Crippen molar-refractivity contribution >= 4 is 0 Å². The fourth-order valence-electron chi connectivity index (χ4n) is 2.78. The van der Waals surface area contributed by atoms with Crippen LogP contribution in [-0.2, 0) is 19.5 Å². The summed E-state index contributed by atoms with van der Waals surface area (Å²) in [6.45, 7) is 9.86. The summed E-state index contributed by atoms with van der Waals surface area (Å²) in [5.74, 6) is 0. The summed E-state index contributed by atoms with van der Waals surface area (Å²) in [5, 5.41) is 14.7. The summed E-state index contributed by atoms with van der Waals surface area (Å²) in [6.07, 6.45) is 2.97. The van der Waals surface area contributed by atoms with Crippen molar-refractivity contribution in [3.05, 3.63) is 17.5 Å². The van der Waals surface area contributed by atoms with E-state index in [1.54, 1.807) is 0 Å². The Labute approximate surface area is 110 Å². The number of nitrogens with zero attached hydrogens (tertiary/aromatic N) is 3. The lowest BCUT2D eigenvalue weighted by molar-refractivity contribution is -0.0188. The lowest BCUT2D eigenvalue weighted by atomic mass is 9.95. The first-order valence-corrected chi connectivity index (χ1v) is 7.04. The zero-order valence-corrected chi connectivity index (χ0v) is 11.8. The average molecular weight is 251 g/mol. The molecule has 4 heteroatoms. The Morgan fingerprint density at radius 3 is 2.83 bits per heavy atom. The minimum atomic E-state index is -0.525. The molecule has 18 heavy (non-hydrogen) atoms. The minimum absolute atomic E-state index is 0.525. The van der Waals surface area contributed by atoms with Crippen LogP contribution < -0.4 is 0 Å². The van der Waals surface area contributed by atoms with Crippen molar-refractivity contribution in [1.29, 1.82) is 0 Å². The van der Waals surface area contributed by atoms with Crippen LogP contribution in [0, 0.1) is 0 Å². The third-order valence-electron chi connectivity index (χ3n) is 3.72. The van der Waals surface area contributed by atoms with Crippen LogP contribution in [0.4, 0.5) is 0 Å². The molecule has 0 saturated carbocycles. The van der Waals surface area contributed by atoms with Gasteiger partial charge in [0.1, 0.15) is 0 Å². The number of aromatic nitrogens is 2. The molecule has 2 rings (SSSR count). The van der Waals surface area contributed by atoms with Crippen LogP contribution in [0.5, 0.6) is 0 Å². The van der Waals surface area contributed by atoms with Gasteiger partial charge in [-0.2, -0.15) is 5.10 Å². The average Bonchev–Trinajstić information content (AvgIpc) is 2.70. The Bertz CT molecular complexity index is 398. The Hall–Kier alpha value is -0.870. The van der Waals surface area contributed by atoms with E-state index in [-0.39, 0.29) is 0 Å². The Balaban J connectivity index is 2.06. The molecule has 1 saturated heterocycles. The molecule has 1 aromatic rings. The summed E-state index contributed by atoms with van der Waals surface area (Å²) in [4.78, 5) is 2.34. The summed E-state index contributed by atoms with van der Waals surface area (Å²) < 4.78 is 2.09. The topological polar surface area (TPSA) is 41.3 Å². The molecule has 1 aliphatic heterocycles. The van der Waals surface area contributed by atoms with Gasteiger partial charge in [0, 0.05) is 19.6 Å². The van der Waals surface area contributed by atoms with Crippen molar-refractivity contribution < 1.29 is 5.11 Å². The third kappa shape index (κ3) is 3.12. The summed E-state index contributed by atoms with van der Waals surface area (Å²) in [5.41, 5.74) is 1.91. The van der Waals surface area contributed by atoms with Crippen molar-refractivity contribution in [2.24, 2.45) is 0 Å². The normalized spacial score (nSPS) is 25.6. The third-order valence-corrected chi connectivity index (χ3v) is 3.72. The van der Waals surface area contributed by atoms with Gasteiger partial charge in [0.2, 0.25) is 0 Å². The molecule has 0 aliphatic carbocycles. The van der Waals surface area contributed by atoms with Crippen molar-refractivity contribution in [3.8, 4) is 0 Å². The number of likely N-dealkylation sites (tertiary alicyclic amines) is 1. The van der Waals surface area contributed by atoms with Gasteiger partial charge in [-0.25, -0.2) is 0 Å². The smallest absolute Gasteiger partial charge is 0.0746 e. The fraction of sp³-hybridized carbons (Fsp3) is 0.786. The summed E-state index contributed by atoms with van der Waals surface area (Å²) in [6, 6.07) is 2.20. The molecule has 0 spiro atoms. The number of aryl methyl sites for hydroxylation is 2. The number of rotatable bonds is 4. The standard InChI is InChI=1S/C14H25N3O/c1-4-12-9-13(17(5-2)15-12)10-16-8-6-7-14(3,18)11-16/h9,18H,4-8,10-11H2,1-3H3. The van der Waals surface area contributed by atoms with E-state index < -0.39 is 5.60 Å². The predicted octanol–water partition coefficient (Wildman–Crippen LogP) is 1.81. The van der Waals surface area contributed by atoms with Gasteiger partial charge in [0.05, 0.1) is 17.0 Å². The molecule has 0 bridgehead atoms. The molecule has 0 aromatic carbocycles. The van der Waals surface area contributed by atoms with Crippen molar-refractivity contribution in [2.45, 2.75) is 58.7 Å². The monoisotopic (exact) mass is 251 g/mol. The van der Waals surface area contributed by atoms with E-state index in [4.69, 9.17) is 0 Å². The van der Waals surface area contributed by atoms with Crippen LogP contribution in [-0.4, -0.2) is 38.5 Å². The Kier molecular flexibility index (Phi) is 4.07. The molecule has 1 aliphatic rings. The van der Waals surface area contributed by atoms with Crippen LogP contribution in [0.15, 0.2) is 6.07 Å². The van der Waals surface area contributed by atoms with E-state index in [2.05, 4.69) is 34.6 Å². The van der Waals surface area contributed by atoms with Crippen LogP contribution >= 0.6 is 0 Å². The zero-order chi connectivity index (χ0) is 13.2. The van der Waals surface area contributed by atoms with E-state index in [0.717, 1.165) is 51.1 Å². The molecule has 0 radical (unpaired) electrons. The Morgan fingerprint density at radius 1 is 1.44 bits per heavy atom. The fourth-order valence-corrected chi connectivity index (χ4v) is 2.78. The predicted molar refractivity (Wildman–Crippen MR) is 72.4 cm³/mol. The molecule has 1 aromatic heterocycles. The van der Waals surface area contributed by atoms with E-state index in [9.17, 15) is 5.11 Å². The first-order chi connectivity index (χ1) is 8.54. The molecule has 1 fully saturated rings. The van der Waals surface area contributed by atoms with Gasteiger partial charge in [-0.15, -0.1) is 0 Å².